The molecule has 0 aliphatic heterocycles. The van der Waals surface area contributed by atoms with Crippen LogP contribution < -0.4 is 4.74 Å². The van der Waals surface area contributed by atoms with Gasteiger partial charge < -0.3 is 9.84 Å². The lowest BCUT2D eigenvalue weighted by Gasteiger charge is -2.07. The van der Waals surface area contributed by atoms with Crippen LogP contribution in [0.5, 0.6) is 5.75 Å². The van der Waals surface area contributed by atoms with Gasteiger partial charge in [0.05, 0.1) is 18.5 Å². The van der Waals surface area contributed by atoms with Gasteiger partial charge in [-0.15, -0.1) is 0 Å². The zero-order valence-electron chi connectivity index (χ0n) is 8.89. The Morgan fingerprint density at radius 1 is 1.56 bits per heavy atom. The monoisotopic (exact) mass is 225 g/mol. The molecule has 0 fully saturated rings. The lowest BCUT2D eigenvalue weighted by Crippen LogP contribution is -2.04. The summed E-state index contributed by atoms with van der Waals surface area (Å²) >= 11 is 0. The van der Waals surface area contributed by atoms with E-state index in [0.717, 1.165) is 0 Å². The summed E-state index contributed by atoms with van der Waals surface area (Å²) in [7, 11) is 1.31. The average Bonchev–Trinajstić information content (AvgIpc) is 2.19. The number of ether oxygens (including phenoxy) is 1. The minimum absolute atomic E-state index is 0.0758. The topological polar surface area (TPSA) is 89.7 Å². The summed E-state index contributed by atoms with van der Waals surface area (Å²) in [4.78, 5) is 20.7. The van der Waals surface area contributed by atoms with Crippen LogP contribution in [-0.4, -0.2) is 23.1 Å². The summed E-state index contributed by atoms with van der Waals surface area (Å²) < 4.78 is 4.85. The summed E-state index contributed by atoms with van der Waals surface area (Å²) in [6, 6.07) is 2.71. The highest BCUT2D eigenvalue weighted by molar-refractivity contribution is 5.71. The second-order valence-electron chi connectivity index (χ2n) is 3.28. The molecule has 0 aliphatic carbocycles. The first-order valence-electron chi connectivity index (χ1n) is 4.49. The minimum atomic E-state index is -0.987. The molecule has 0 aliphatic rings. The van der Waals surface area contributed by atoms with Gasteiger partial charge in [-0.25, -0.2) is 0 Å². The molecule has 0 saturated heterocycles. The van der Waals surface area contributed by atoms with Crippen LogP contribution >= 0.6 is 0 Å². The van der Waals surface area contributed by atoms with E-state index in [0.29, 0.717) is 11.1 Å². The zero-order chi connectivity index (χ0) is 12.3. The number of carbonyl (C=O) groups is 1. The van der Waals surface area contributed by atoms with Gasteiger partial charge >= 0.3 is 11.7 Å². The summed E-state index contributed by atoms with van der Waals surface area (Å²) in [5.74, 6) is -0.911. The van der Waals surface area contributed by atoms with Crippen molar-refractivity contribution in [2.75, 3.05) is 7.11 Å². The zero-order valence-corrected chi connectivity index (χ0v) is 8.89. The van der Waals surface area contributed by atoms with Crippen LogP contribution in [0.2, 0.25) is 0 Å². The van der Waals surface area contributed by atoms with Crippen molar-refractivity contribution in [3.05, 3.63) is 33.4 Å². The lowest BCUT2D eigenvalue weighted by molar-refractivity contribution is -0.385. The largest absolute Gasteiger partial charge is 0.490 e. The molecule has 0 saturated carbocycles. The molecule has 1 rings (SSSR count). The van der Waals surface area contributed by atoms with E-state index in [1.807, 2.05) is 0 Å². The second-order valence-corrected chi connectivity index (χ2v) is 3.28. The van der Waals surface area contributed by atoms with Gasteiger partial charge in [0.25, 0.3) is 0 Å². The summed E-state index contributed by atoms with van der Waals surface area (Å²) in [5, 5.41) is 19.3. The predicted octanol–water partition coefficient (Wildman–Crippen LogP) is 1.54. The molecule has 6 heteroatoms. The van der Waals surface area contributed by atoms with Gasteiger partial charge in [-0.2, -0.15) is 0 Å². The van der Waals surface area contributed by atoms with Crippen molar-refractivity contribution >= 4 is 11.7 Å². The van der Waals surface area contributed by atoms with Gasteiger partial charge in [0, 0.05) is 6.07 Å². The van der Waals surface area contributed by atoms with Crippen LogP contribution in [0.25, 0.3) is 0 Å². The molecule has 0 amide bonds. The first kappa shape index (κ1) is 12.0. The fraction of sp³-hybridized carbons (Fsp3) is 0.300. The number of carboxylic acids is 1. The van der Waals surface area contributed by atoms with Crippen molar-refractivity contribution in [3.8, 4) is 5.75 Å². The van der Waals surface area contributed by atoms with Gasteiger partial charge in [0.15, 0.2) is 5.75 Å². The number of hydrogen-bond donors (Lipinski definition) is 1. The SMILES string of the molecule is COc1cc(CC(=O)O)c(C)cc1[N+](=O)[O-]. The number of nitro benzene ring substituents is 1. The van der Waals surface area contributed by atoms with Crippen molar-refractivity contribution in [1.82, 2.24) is 0 Å². The van der Waals surface area contributed by atoms with Crippen LogP contribution in [0, 0.1) is 17.0 Å². The van der Waals surface area contributed by atoms with Gasteiger partial charge in [0.1, 0.15) is 0 Å². The second kappa shape index (κ2) is 4.61. The maximum absolute atomic E-state index is 10.7. The first-order chi connectivity index (χ1) is 7.45. The smallest absolute Gasteiger partial charge is 0.311 e. The molecule has 0 aromatic heterocycles. The molecule has 0 bridgehead atoms. The quantitative estimate of drug-likeness (QED) is 0.620. The number of aliphatic carboxylic acids is 1. The molecule has 86 valence electrons. The maximum Gasteiger partial charge on any atom is 0.311 e. The molecule has 1 aromatic carbocycles. The number of benzene rings is 1. The molecular weight excluding hydrogens is 214 g/mol. The predicted molar refractivity (Wildman–Crippen MR) is 55.7 cm³/mol. The van der Waals surface area contributed by atoms with Crippen LogP contribution in [0.1, 0.15) is 11.1 Å². The molecule has 1 aromatic rings. The van der Waals surface area contributed by atoms with Crippen LogP contribution in [0.15, 0.2) is 12.1 Å². The number of aryl methyl sites for hydroxylation is 1. The highest BCUT2D eigenvalue weighted by Crippen LogP contribution is 2.30. The van der Waals surface area contributed by atoms with E-state index in [1.165, 1.54) is 19.2 Å². The van der Waals surface area contributed by atoms with E-state index < -0.39 is 10.9 Å². The van der Waals surface area contributed by atoms with E-state index >= 15 is 0 Å². The Bertz CT molecular complexity index is 441. The normalized spacial score (nSPS) is 9.88. The Balaban J connectivity index is 3.25. The Morgan fingerprint density at radius 2 is 2.19 bits per heavy atom. The highest BCUT2D eigenvalue weighted by Gasteiger charge is 2.18. The van der Waals surface area contributed by atoms with E-state index in [1.54, 1.807) is 6.92 Å². The third-order valence-electron chi connectivity index (χ3n) is 2.18. The van der Waals surface area contributed by atoms with Crippen LogP contribution in [-0.2, 0) is 11.2 Å². The average molecular weight is 225 g/mol. The first-order valence-corrected chi connectivity index (χ1v) is 4.49. The number of methoxy groups -OCH3 is 1. The van der Waals surface area contributed by atoms with Crippen molar-refractivity contribution in [2.24, 2.45) is 0 Å². The molecule has 0 unspecified atom stereocenters. The molecule has 1 N–H and O–H groups in total. The maximum atomic E-state index is 10.7. The van der Waals surface area contributed by atoms with Crippen molar-refractivity contribution in [2.45, 2.75) is 13.3 Å². The van der Waals surface area contributed by atoms with Crippen LogP contribution in [0.3, 0.4) is 0 Å². The van der Waals surface area contributed by atoms with Gasteiger partial charge in [0.2, 0.25) is 0 Å². The fourth-order valence-electron chi connectivity index (χ4n) is 1.37. The number of rotatable bonds is 4. The Hall–Kier alpha value is -2.11. The van der Waals surface area contributed by atoms with Gasteiger partial charge in [-0.3, -0.25) is 14.9 Å². The molecule has 0 spiro atoms. The number of carboxylic acid groups (broad SMARTS) is 1. The van der Waals surface area contributed by atoms with E-state index in [2.05, 4.69) is 0 Å². The van der Waals surface area contributed by atoms with Gasteiger partial charge in [-0.1, -0.05) is 0 Å². The Kier molecular flexibility index (Phi) is 3.44. The van der Waals surface area contributed by atoms with Crippen molar-refractivity contribution < 1.29 is 19.6 Å². The van der Waals surface area contributed by atoms with Crippen molar-refractivity contribution in [1.29, 1.82) is 0 Å². The summed E-state index contributed by atoms with van der Waals surface area (Å²) in [6.07, 6.45) is -0.180. The summed E-state index contributed by atoms with van der Waals surface area (Å²) in [5.41, 5.74) is 0.916. The number of nitro groups is 1. The fourth-order valence-corrected chi connectivity index (χ4v) is 1.37. The number of nitrogens with zero attached hydrogens (tertiary/aromatic N) is 1. The summed E-state index contributed by atoms with van der Waals surface area (Å²) in [6.45, 7) is 1.63. The molecule has 16 heavy (non-hydrogen) atoms. The lowest BCUT2D eigenvalue weighted by atomic mass is 10.0. The third kappa shape index (κ3) is 2.47. The van der Waals surface area contributed by atoms with E-state index in [-0.39, 0.29) is 17.9 Å². The molecule has 6 nitrogen and oxygen atoms in total. The minimum Gasteiger partial charge on any atom is -0.490 e. The van der Waals surface area contributed by atoms with Crippen molar-refractivity contribution in [3.63, 3.8) is 0 Å². The number of hydrogen-bond acceptors (Lipinski definition) is 4. The molecular formula is C10H11NO5. The van der Waals surface area contributed by atoms with Crippen LogP contribution in [0.4, 0.5) is 5.69 Å². The van der Waals surface area contributed by atoms with E-state index in [4.69, 9.17) is 9.84 Å². The Labute approximate surface area is 91.6 Å². The third-order valence-corrected chi connectivity index (χ3v) is 2.18. The molecule has 0 heterocycles. The van der Waals surface area contributed by atoms with Gasteiger partial charge in [-0.05, 0) is 24.1 Å². The molecule has 0 atom stereocenters. The molecule has 0 radical (unpaired) electrons. The highest BCUT2D eigenvalue weighted by atomic mass is 16.6. The van der Waals surface area contributed by atoms with E-state index in [9.17, 15) is 14.9 Å². The standard InChI is InChI=1S/C10H11NO5/c1-6-3-8(11(14)15)9(16-2)4-7(6)5-10(12)13/h3-4H,5H2,1-2H3,(H,12,13). The Morgan fingerprint density at radius 3 is 2.62 bits per heavy atom.